The fraction of sp³-hybridized carbons (Fsp3) is 0.192. The van der Waals surface area contributed by atoms with Crippen LogP contribution in [-0.2, 0) is 22.5 Å². The highest BCUT2D eigenvalue weighted by molar-refractivity contribution is 7.15. The molecule has 12 heteroatoms. The third kappa shape index (κ3) is 6.18. The zero-order valence-electron chi connectivity index (χ0n) is 20.5. The highest BCUT2D eigenvalue weighted by Crippen LogP contribution is 2.22. The number of hydrogen-bond donors (Lipinski definition) is 3. The largest absolute Gasteiger partial charge is 0.465 e. The number of aromatic nitrogens is 2. The maximum atomic E-state index is 13.6. The molecule has 3 heterocycles. The van der Waals surface area contributed by atoms with E-state index in [1.807, 2.05) is 0 Å². The Labute approximate surface area is 226 Å². The Hall–Kier alpha value is -4.22. The molecule has 0 spiro atoms. The number of pyridine rings is 2. The first-order chi connectivity index (χ1) is 18.1. The number of aromatic amines is 1. The van der Waals surface area contributed by atoms with Gasteiger partial charge in [0.25, 0.3) is 5.91 Å². The number of thiophene rings is 1. The van der Waals surface area contributed by atoms with Crippen LogP contribution in [0.1, 0.15) is 30.5 Å². The first-order valence-corrected chi connectivity index (χ1v) is 12.6. The molecule has 10 nitrogen and oxygen atoms in total. The highest BCUT2D eigenvalue weighted by Gasteiger charge is 2.27. The Morgan fingerprint density at radius 2 is 1.92 bits per heavy atom. The third-order valence-corrected chi connectivity index (χ3v) is 7.08. The molecule has 196 valence electrons. The Bertz CT molecular complexity index is 1570. The molecule has 0 aliphatic heterocycles. The number of carbonyl (C=O) groups excluding carboxylic acids is 3. The molecular formula is C26H24ClN5O5S. The molecule has 0 saturated carbocycles. The van der Waals surface area contributed by atoms with Gasteiger partial charge in [-0.2, -0.15) is 0 Å². The summed E-state index contributed by atoms with van der Waals surface area (Å²) >= 11 is 7.12. The lowest BCUT2D eigenvalue weighted by Gasteiger charge is -2.25. The maximum absolute atomic E-state index is 13.6. The van der Waals surface area contributed by atoms with Crippen molar-refractivity contribution in [2.45, 2.75) is 19.0 Å². The van der Waals surface area contributed by atoms with Crippen molar-refractivity contribution in [1.29, 1.82) is 0 Å². The molecule has 0 radical (unpaired) electrons. The number of anilines is 1. The second kappa shape index (κ2) is 11.4. The standard InChI is InChI=1S/C26H24ClN5O5S/c1-32(13-15-10-23(33)30-18-5-4-16(27)11-17(15)18)25(35)19(9-14-3-8-22(28)29-12-14)31-24(34)20-6-7-21(38-20)26(36)37-2/h3-8,10-12,19H,9,13H2,1-2H3,(H2,28,29)(H,30,33)(H,31,34)/t19-/m0/s1. The number of nitrogens with one attached hydrogen (secondary N) is 2. The van der Waals surface area contributed by atoms with Crippen molar-refractivity contribution in [3.8, 4) is 0 Å². The van der Waals surface area contributed by atoms with Gasteiger partial charge in [0.15, 0.2) is 0 Å². The van der Waals surface area contributed by atoms with E-state index in [4.69, 9.17) is 22.1 Å². The van der Waals surface area contributed by atoms with Crippen molar-refractivity contribution in [1.82, 2.24) is 20.2 Å². The second-order valence-corrected chi connectivity index (χ2v) is 10.0. The van der Waals surface area contributed by atoms with Crippen molar-refractivity contribution in [2.75, 3.05) is 19.9 Å². The van der Waals surface area contributed by atoms with Crippen LogP contribution in [0.5, 0.6) is 0 Å². The SMILES string of the molecule is COC(=O)c1ccc(C(=O)N[C@@H](Cc2ccc(N)nc2)C(=O)N(C)Cc2cc(=O)[nH]c3ccc(Cl)cc23)s1. The third-order valence-electron chi connectivity index (χ3n) is 5.78. The molecule has 4 N–H and O–H groups in total. The fourth-order valence-electron chi connectivity index (χ4n) is 3.92. The van der Waals surface area contributed by atoms with E-state index in [0.717, 1.165) is 11.3 Å². The Morgan fingerprint density at radius 3 is 2.63 bits per heavy atom. The van der Waals surface area contributed by atoms with E-state index in [0.29, 0.717) is 32.9 Å². The first kappa shape index (κ1) is 26.8. The quantitative estimate of drug-likeness (QED) is 0.284. The van der Waals surface area contributed by atoms with Gasteiger partial charge in [0.05, 0.1) is 12.0 Å². The van der Waals surface area contributed by atoms with Crippen molar-refractivity contribution in [2.24, 2.45) is 0 Å². The van der Waals surface area contributed by atoms with Gasteiger partial charge in [-0.25, -0.2) is 9.78 Å². The molecule has 38 heavy (non-hydrogen) atoms. The number of carbonyl (C=O) groups is 3. The number of halogens is 1. The predicted molar refractivity (Wildman–Crippen MR) is 145 cm³/mol. The zero-order chi connectivity index (χ0) is 27.4. The number of nitrogen functional groups attached to an aromatic ring is 1. The second-order valence-electron chi connectivity index (χ2n) is 8.52. The van der Waals surface area contributed by atoms with Crippen LogP contribution < -0.4 is 16.6 Å². The lowest BCUT2D eigenvalue weighted by molar-refractivity contribution is -0.132. The number of H-pyrrole nitrogens is 1. The Balaban J connectivity index is 1.60. The summed E-state index contributed by atoms with van der Waals surface area (Å²) in [7, 11) is 2.84. The van der Waals surface area contributed by atoms with Crippen LogP contribution >= 0.6 is 22.9 Å². The van der Waals surface area contributed by atoms with Gasteiger partial charge >= 0.3 is 5.97 Å². The highest BCUT2D eigenvalue weighted by atomic mass is 35.5. The van der Waals surface area contributed by atoms with Gasteiger partial charge in [-0.1, -0.05) is 17.7 Å². The van der Waals surface area contributed by atoms with Crippen molar-refractivity contribution >= 4 is 57.4 Å². The number of ether oxygens (including phenoxy) is 1. The molecule has 0 unspecified atom stereocenters. The normalized spacial score (nSPS) is 11.7. The molecule has 1 atom stereocenters. The van der Waals surface area contributed by atoms with E-state index in [1.165, 1.54) is 36.4 Å². The summed E-state index contributed by atoms with van der Waals surface area (Å²) in [5.41, 5.74) is 7.25. The summed E-state index contributed by atoms with van der Waals surface area (Å²) in [6.45, 7) is 0.0947. The predicted octanol–water partition coefficient (Wildman–Crippen LogP) is 3.01. The molecule has 0 bridgehead atoms. The lowest BCUT2D eigenvalue weighted by Crippen LogP contribution is -2.48. The molecule has 0 fully saturated rings. The molecular weight excluding hydrogens is 530 g/mol. The number of nitrogens with zero attached hydrogens (tertiary/aromatic N) is 2. The molecule has 4 rings (SSSR count). The Morgan fingerprint density at radius 1 is 1.16 bits per heavy atom. The first-order valence-electron chi connectivity index (χ1n) is 11.4. The van der Waals surface area contributed by atoms with Gasteiger partial charge in [-0.15, -0.1) is 11.3 Å². The van der Waals surface area contributed by atoms with Crippen LogP contribution in [0.4, 0.5) is 5.82 Å². The van der Waals surface area contributed by atoms with Crippen LogP contribution in [0, 0.1) is 0 Å². The summed E-state index contributed by atoms with van der Waals surface area (Å²) in [5.74, 6) is -1.14. The van der Waals surface area contributed by atoms with Crippen molar-refractivity contribution in [3.05, 3.63) is 91.0 Å². The number of hydrogen-bond acceptors (Lipinski definition) is 8. The topological polar surface area (TPSA) is 147 Å². The van der Waals surface area contributed by atoms with Gasteiger partial charge in [0, 0.05) is 48.2 Å². The summed E-state index contributed by atoms with van der Waals surface area (Å²) in [6.07, 6.45) is 1.67. The molecule has 4 aromatic rings. The minimum Gasteiger partial charge on any atom is -0.465 e. The minimum absolute atomic E-state index is 0.0947. The van der Waals surface area contributed by atoms with Gasteiger partial charge < -0.3 is 25.7 Å². The van der Waals surface area contributed by atoms with E-state index in [-0.39, 0.29) is 28.3 Å². The zero-order valence-corrected chi connectivity index (χ0v) is 22.1. The molecule has 3 aromatic heterocycles. The average molecular weight is 554 g/mol. The molecule has 2 amide bonds. The van der Waals surface area contributed by atoms with Crippen molar-refractivity contribution in [3.63, 3.8) is 0 Å². The number of fused-ring (bicyclic) bond motifs is 1. The van der Waals surface area contributed by atoms with E-state index < -0.39 is 23.8 Å². The van der Waals surface area contributed by atoms with Gasteiger partial charge in [-0.3, -0.25) is 14.4 Å². The summed E-state index contributed by atoms with van der Waals surface area (Å²) < 4.78 is 4.70. The monoisotopic (exact) mass is 553 g/mol. The van der Waals surface area contributed by atoms with Crippen LogP contribution in [0.25, 0.3) is 10.9 Å². The van der Waals surface area contributed by atoms with Crippen LogP contribution in [-0.4, -0.2) is 52.9 Å². The maximum Gasteiger partial charge on any atom is 0.348 e. The number of methoxy groups -OCH3 is 1. The molecule has 0 aliphatic rings. The number of esters is 1. The summed E-state index contributed by atoms with van der Waals surface area (Å²) in [4.78, 5) is 59.4. The van der Waals surface area contributed by atoms with Gasteiger partial charge in [0.2, 0.25) is 11.5 Å². The summed E-state index contributed by atoms with van der Waals surface area (Å²) in [5, 5.41) is 3.96. The molecule has 1 aromatic carbocycles. The molecule has 0 saturated heterocycles. The van der Waals surface area contributed by atoms with Gasteiger partial charge in [-0.05, 0) is 47.5 Å². The van der Waals surface area contributed by atoms with Crippen molar-refractivity contribution < 1.29 is 19.1 Å². The van der Waals surface area contributed by atoms with Crippen LogP contribution in [0.3, 0.4) is 0 Å². The summed E-state index contributed by atoms with van der Waals surface area (Å²) in [6, 6.07) is 11.8. The minimum atomic E-state index is -0.974. The fourth-order valence-corrected chi connectivity index (χ4v) is 4.92. The lowest BCUT2D eigenvalue weighted by atomic mass is 10.0. The van der Waals surface area contributed by atoms with E-state index in [9.17, 15) is 19.2 Å². The number of nitrogens with two attached hydrogens (primary N) is 1. The van der Waals surface area contributed by atoms with E-state index in [2.05, 4.69) is 15.3 Å². The van der Waals surface area contributed by atoms with Gasteiger partial charge in [0.1, 0.15) is 16.7 Å². The number of benzene rings is 1. The van der Waals surface area contributed by atoms with Crippen LogP contribution in [0.15, 0.2) is 59.5 Å². The molecule has 0 aliphatic carbocycles. The van der Waals surface area contributed by atoms with E-state index in [1.54, 1.807) is 37.4 Å². The Kier molecular flexibility index (Phi) is 8.08. The number of rotatable bonds is 8. The van der Waals surface area contributed by atoms with E-state index >= 15 is 0 Å². The van der Waals surface area contributed by atoms with Crippen LogP contribution in [0.2, 0.25) is 5.02 Å². The number of amides is 2. The number of likely N-dealkylation sites (N-methyl/N-ethyl adjacent to an activating group) is 1. The smallest absolute Gasteiger partial charge is 0.348 e. The average Bonchev–Trinajstić information content (AvgIpc) is 3.39.